The molecule has 222 valence electrons. The quantitative estimate of drug-likeness (QED) is 0.0808. The highest BCUT2D eigenvalue weighted by molar-refractivity contribution is 5.77. The maximum Gasteiger partial charge on any atom is 0.316 e. The minimum atomic E-state index is -1.45. The van der Waals surface area contributed by atoms with E-state index in [1.54, 1.807) is 0 Å². The molecule has 0 bridgehead atoms. The molecular weight excluding hydrogens is 488 g/mol. The van der Waals surface area contributed by atoms with Crippen LogP contribution in [0.4, 0.5) is 0 Å². The van der Waals surface area contributed by atoms with Crippen molar-refractivity contribution in [3.63, 3.8) is 0 Å². The van der Waals surface area contributed by atoms with Gasteiger partial charge in [-0.05, 0) is 25.7 Å². The number of carboxylic acid groups (broad SMARTS) is 2. The third kappa shape index (κ3) is 19.9. The fraction of sp³-hybridized carbons (Fsp3) is 0.867. The lowest BCUT2D eigenvalue weighted by Crippen LogP contribution is -2.41. The summed E-state index contributed by atoms with van der Waals surface area (Å²) in [6, 6.07) is 0. The van der Waals surface area contributed by atoms with E-state index in [-0.39, 0.29) is 38.9 Å². The highest BCUT2D eigenvalue weighted by Gasteiger charge is 2.41. The number of unbranched alkanes of at least 4 members (excludes halogenated alkanes) is 14. The molecule has 0 aliphatic carbocycles. The van der Waals surface area contributed by atoms with Crippen LogP contribution >= 0.6 is 0 Å². The molecule has 0 saturated heterocycles. The first-order chi connectivity index (χ1) is 18.3. The van der Waals surface area contributed by atoms with Crippen LogP contribution in [0.1, 0.15) is 149 Å². The normalized spacial score (nSPS) is 11.3. The zero-order valence-corrected chi connectivity index (χ0v) is 24.1. The van der Waals surface area contributed by atoms with Crippen molar-refractivity contribution in [1.29, 1.82) is 0 Å². The van der Waals surface area contributed by atoms with Gasteiger partial charge in [0.25, 0.3) is 0 Å². The lowest BCUT2D eigenvalue weighted by atomic mass is 9.83. The molecule has 0 radical (unpaired) electrons. The standard InChI is InChI=1S/C30H54O8/c1-3-5-7-12-17-21-27(33)37-24-30(29(35)36,25-38-28(34)22-18-13-8-6-4-2)23-19-15-11-9-10-14-16-20-26(31)32/h3-25H2,1-2H3,(H,31,32)(H,35,36). The molecule has 0 unspecified atom stereocenters. The minimum absolute atomic E-state index is 0.191. The van der Waals surface area contributed by atoms with Gasteiger partial charge in [0.05, 0.1) is 0 Å². The van der Waals surface area contributed by atoms with Crippen LogP contribution in [0.3, 0.4) is 0 Å². The number of carbonyl (C=O) groups excluding carboxylic acids is 2. The van der Waals surface area contributed by atoms with Gasteiger partial charge in [-0.3, -0.25) is 19.2 Å². The number of hydrogen-bond donors (Lipinski definition) is 2. The molecule has 0 aromatic carbocycles. The molecular formula is C30H54O8. The lowest BCUT2D eigenvalue weighted by Gasteiger charge is -2.28. The van der Waals surface area contributed by atoms with Crippen molar-refractivity contribution in [2.75, 3.05) is 13.2 Å². The Morgan fingerprint density at radius 2 is 0.895 bits per heavy atom. The third-order valence-electron chi connectivity index (χ3n) is 6.99. The summed E-state index contributed by atoms with van der Waals surface area (Å²) in [5.74, 6) is -2.70. The number of hydrogen-bond acceptors (Lipinski definition) is 6. The average molecular weight is 543 g/mol. The van der Waals surface area contributed by atoms with E-state index in [0.717, 1.165) is 96.3 Å². The van der Waals surface area contributed by atoms with Crippen LogP contribution in [0.25, 0.3) is 0 Å². The number of ether oxygens (including phenoxy) is 2. The van der Waals surface area contributed by atoms with Gasteiger partial charge in [-0.1, -0.05) is 104 Å². The molecule has 0 amide bonds. The fourth-order valence-corrected chi connectivity index (χ4v) is 4.37. The van der Waals surface area contributed by atoms with Gasteiger partial charge in [-0.15, -0.1) is 0 Å². The molecule has 0 aliphatic heterocycles. The van der Waals surface area contributed by atoms with Gasteiger partial charge in [0.1, 0.15) is 18.6 Å². The number of aliphatic carboxylic acids is 2. The molecule has 0 atom stereocenters. The second-order valence-electron chi connectivity index (χ2n) is 10.6. The number of carbonyl (C=O) groups is 4. The number of rotatable bonds is 27. The van der Waals surface area contributed by atoms with Gasteiger partial charge in [0.15, 0.2) is 0 Å². The molecule has 0 heterocycles. The molecule has 8 nitrogen and oxygen atoms in total. The Balaban J connectivity index is 4.77. The molecule has 0 aliphatic rings. The molecule has 0 fully saturated rings. The molecule has 0 aromatic rings. The predicted molar refractivity (Wildman–Crippen MR) is 148 cm³/mol. The van der Waals surface area contributed by atoms with Crippen LogP contribution in [0.15, 0.2) is 0 Å². The largest absolute Gasteiger partial charge is 0.481 e. The first-order valence-electron chi connectivity index (χ1n) is 15.0. The highest BCUT2D eigenvalue weighted by Crippen LogP contribution is 2.28. The summed E-state index contributed by atoms with van der Waals surface area (Å²) in [7, 11) is 0. The smallest absolute Gasteiger partial charge is 0.316 e. The zero-order chi connectivity index (χ0) is 28.5. The Hall–Kier alpha value is -2.12. The van der Waals surface area contributed by atoms with Crippen molar-refractivity contribution in [3.8, 4) is 0 Å². The fourth-order valence-electron chi connectivity index (χ4n) is 4.37. The highest BCUT2D eigenvalue weighted by atomic mass is 16.6. The van der Waals surface area contributed by atoms with Crippen LogP contribution < -0.4 is 0 Å². The summed E-state index contributed by atoms with van der Waals surface area (Å²) in [6.07, 6.45) is 16.7. The Labute approximate surface area is 230 Å². The summed E-state index contributed by atoms with van der Waals surface area (Å²) in [5, 5.41) is 18.8. The van der Waals surface area contributed by atoms with Crippen LogP contribution in [-0.2, 0) is 28.7 Å². The zero-order valence-electron chi connectivity index (χ0n) is 24.1. The molecule has 0 rings (SSSR count). The molecule has 0 saturated carbocycles. The Morgan fingerprint density at radius 3 is 1.29 bits per heavy atom. The van der Waals surface area contributed by atoms with E-state index in [1.165, 1.54) is 0 Å². The monoisotopic (exact) mass is 542 g/mol. The van der Waals surface area contributed by atoms with Crippen molar-refractivity contribution >= 4 is 23.9 Å². The van der Waals surface area contributed by atoms with Crippen molar-refractivity contribution in [2.24, 2.45) is 5.41 Å². The van der Waals surface area contributed by atoms with Gasteiger partial charge in [-0.25, -0.2) is 0 Å². The van der Waals surface area contributed by atoms with Gasteiger partial charge in [-0.2, -0.15) is 0 Å². The van der Waals surface area contributed by atoms with E-state index in [9.17, 15) is 24.3 Å². The first-order valence-corrected chi connectivity index (χ1v) is 15.0. The second kappa shape index (κ2) is 24.0. The Morgan fingerprint density at radius 1 is 0.526 bits per heavy atom. The van der Waals surface area contributed by atoms with E-state index < -0.39 is 29.3 Å². The van der Waals surface area contributed by atoms with Crippen molar-refractivity contribution < 1.29 is 38.9 Å². The number of carboxylic acids is 2. The lowest BCUT2D eigenvalue weighted by molar-refractivity contribution is -0.168. The summed E-state index contributed by atoms with van der Waals surface area (Å²) < 4.78 is 10.8. The van der Waals surface area contributed by atoms with E-state index in [4.69, 9.17) is 14.6 Å². The summed E-state index contributed by atoms with van der Waals surface area (Å²) in [5.41, 5.74) is -1.45. The molecule has 0 spiro atoms. The van der Waals surface area contributed by atoms with Crippen LogP contribution in [0, 0.1) is 5.41 Å². The van der Waals surface area contributed by atoms with Crippen molar-refractivity contribution in [2.45, 2.75) is 149 Å². The van der Waals surface area contributed by atoms with Crippen molar-refractivity contribution in [3.05, 3.63) is 0 Å². The van der Waals surface area contributed by atoms with Gasteiger partial charge >= 0.3 is 23.9 Å². The maximum absolute atomic E-state index is 12.4. The molecule has 0 aromatic heterocycles. The van der Waals surface area contributed by atoms with Gasteiger partial charge in [0.2, 0.25) is 0 Å². The second-order valence-corrected chi connectivity index (χ2v) is 10.6. The van der Waals surface area contributed by atoms with Gasteiger partial charge in [0, 0.05) is 19.3 Å². The molecule has 8 heteroatoms. The first kappa shape index (κ1) is 35.9. The van der Waals surface area contributed by atoms with E-state index in [0.29, 0.717) is 12.8 Å². The van der Waals surface area contributed by atoms with Crippen molar-refractivity contribution in [1.82, 2.24) is 0 Å². The minimum Gasteiger partial charge on any atom is -0.481 e. The summed E-state index contributed by atoms with van der Waals surface area (Å²) >= 11 is 0. The van der Waals surface area contributed by atoms with Crippen LogP contribution in [0.2, 0.25) is 0 Å². The maximum atomic E-state index is 12.4. The van der Waals surface area contributed by atoms with Crippen LogP contribution in [0.5, 0.6) is 0 Å². The summed E-state index contributed by atoms with van der Waals surface area (Å²) in [4.78, 5) is 47.5. The summed E-state index contributed by atoms with van der Waals surface area (Å²) in [6.45, 7) is 3.66. The Bertz CT molecular complexity index is 616. The predicted octanol–water partition coefficient (Wildman–Crippen LogP) is 7.46. The van der Waals surface area contributed by atoms with E-state index in [2.05, 4.69) is 13.8 Å². The third-order valence-corrected chi connectivity index (χ3v) is 6.99. The van der Waals surface area contributed by atoms with E-state index >= 15 is 0 Å². The molecule has 2 N–H and O–H groups in total. The Kier molecular flexibility index (Phi) is 22.6. The van der Waals surface area contributed by atoms with E-state index in [1.807, 2.05) is 0 Å². The topological polar surface area (TPSA) is 127 Å². The van der Waals surface area contributed by atoms with Gasteiger partial charge < -0.3 is 19.7 Å². The molecule has 38 heavy (non-hydrogen) atoms. The number of esters is 2. The average Bonchev–Trinajstić information content (AvgIpc) is 2.88. The van der Waals surface area contributed by atoms with Crippen LogP contribution in [-0.4, -0.2) is 47.3 Å². The SMILES string of the molecule is CCCCCCCC(=O)OCC(CCCCCCCCCC(=O)O)(COC(=O)CCCCCCC)C(=O)O.